The highest BCUT2D eigenvalue weighted by Gasteiger charge is 2.51. The van der Waals surface area contributed by atoms with E-state index in [1.54, 1.807) is 0 Å². The van der Waals surface area contributed by atoms with E-state index in [1.807, 2.05) is 0 Å². The van der Waals surface area contributed by atoms with Gasteiger partial charge in [-0.25, -0.2) is 0 Å². The molecule has 0 fully saturated rings. The SMILES string of the molecule is Brc1ccc2c(c1)c1cc3c(cc1n2-c1ccccc1)C1(c2ccccc2-c2ccccc21)c1ccccc1-3. The molecule has 1 aromatic heterocycles. The smallest absolute Gasteiger partial charge is 0.0726 e. The van der Waals surface area contributed by atoms with Crippen molar-refractivity contribution in [3.05, 3.63) is 160 Å². The number of halogens is 1. The van der Waals surface area contributed by atoms with Crippen molar-refractivity contribution < 1.29 is 0 Å². The highest BCUT2D eigenvalue weighted by Crippen LogP contribution is 2.63. The second-order valence-corrected chi connectivity index (χ2v) is 11.5. The van der Waals surface area contributed by atoms with E-state index in [4.69, 9.17) is 0 Å². The second kappa shape index (κ2) is 7.59. The van der Waals surface area contributed by atoms with Gasteiger partial charge in [-0.1, -0.05) is 107 Å². The van der Waals surface area contributed by atoms with Gasteiger partial charge >= 0.3 is 0 Å². The molecule has 2 aliphatic carbocycles. The average Bonchev–Trinajstić information content (AvgIpc) is 3.58. The van der Waals surface area contributed by atoms with Crippen LogP contribution in [-0.2, 0) is 5.41 Å². The molecular weight excluding hydrogens is 538 g/mol. The van der Waals surface area contributed by atoms with E-state index in [0.717, 1.165) is 4.47 Å². The first kappa shape index (κ1) is 21.5. The molecule has 0 bridgehead atoms. The maximum absolute atomic E-state index is 3.75. The Morgan fingerprint density at radius 1 is 0.436 bits per heavy atom. The van der Waals surface area contributed by atoms with Crippen LogP contribution in [0.1, 0.15) is 22.3 Å². The van der Waals surface area contributed by atoms with Crippen LogP contribution in [0.15, 0.2) is 138 Å². The first-order valence-electron chi connectivity index (χ1n) is 13.4. The van der Waals surface area contributed by atoms with Crippen molar-refractivity contribution >= 4 is 37.7 Å². The fourth-order valence-corrected chi connectivity index (χ4v) is 7.79. The Morgan fingerprint density at radius 3 is 1.62 bits per heavy atom. The highest BCUT2D eigenvalue weighted by atomic mass is 79.9. The van der Waals surface area contributed by atoms with Crippen molar-refractivity contribution in [2.45, 2.75) is 5.41 Å². The van der Waals surface area contributed by atoms with Gasteiger partial charge in [0.1, 0.15) is 0 Å². The predicted octanol–water partition coefficient (Wildman–Crippen LogP) is 9.89. The fourth-order valence-electron chi connectivity index (χ4n) is 7.43. The number of nitrogens with zero attached hydrogens (tertiary/aromatic N) is 1. The number of para-hydroxylation sites is 1. The predicted molar refractivity (Wildman–Crippen MR) is 165 cm³/mol. The summed E-state index contributed by atoms with van der Waals surface area (Å²) in [5, 5.41) is 2.54. The highest BCUT2D eigenvalue weighted by molar-refractivity contribution is 9.10. The Labute approximate surface area is 235 Å². The van der Waals surface area contributed by atoms with Crippen molar-refractivity contribution in [2.24, 2.45) is 0 Å². The van der Waals surface area contributed by atoms with Crippen LogP contribution < -0.4 is 0 Å². The summed E-state index contributed by atoms with van der Waals surface area (Å²) in [7, 11) is 0. The Morgan fingerprint density at radius 2 is 0.974 bits per heavy atom. The fraction of sp³-hybridized carbons (Fsp3) is 0.0270. The monoisotopic (exact) mass is 559 g/mol. The third-order valence-electron chi connectivity index (χ3n) is 8.86. The molecule has 39 heavy (non-hydrogen) atoms. The third kappa shape index (κ3) is 2.60. The molecule has 0 aliphatic heterocycles. The lowest BCUT2D eigenvalue weighted by Gasteiger charge is -2.30. The average molecular weight is 560 g/mol. The molecule has 1 spiro atoms. The molecule has 182 valence electrons. The minimum absolute atomic E-state index is 0.341. The molecule has 2 aliphatic rings. The van der Waals surface area contributed by atoms with E-state index in [2.05, 4.69) is 154 Å². The molecule has 0 saturated heterocycles. The van der Waals surface area contributed by atoms with Gasteiger partial charge in [-0.15, -0.1) is 0 Å². The molecule has 0 N–H and O–H groups in total. The molecule has 7 aromatic rings. The van der Waals surface area contributed by atoms with E-state index in [-0.39, 0.29) is 5.41 Å². The standard InChI is InChI=1S/C37H22BrN/c38-23-18-19-35-29(20-23)30-21-28-27-14-6-9-17-33(27)37(34(28)22-36(30)39(35)24-10-2-1-3-11-24)31-15-7-4-12-25(31)26-13-5-8-16-32(26)37/h1-22H. The van der Waals surface area contributed by atoms with Gasteiger partial charge in [-0.3, -0.25) is 0 Å². The van der Waals surface area contributed by atoms with E-state index in [9.17, 15) is 0 Å². The summed E-state index contributed by atoms with van der Waals surface area (Å²) in [5.41, 5.74) is 14.1. The Bertz CT molecular complexity index is 2090. The summed E-state index contributed by atoms with van der Waals surface area (Å²) >= 11 is 3.75. The van der Waals surface area contributed by atoms with Crippen LogP contribution in [0.4, 0.5) is 0 Å². The molecule has 0 unspecified atom stereocenters. The number of aromatic nitrogens is 1. The number of hydrogen-bond acceptors (Lipinski definition) is 0. The second-order valence-electron chi connectivity index (χ2n) is 10.6. The zero-order chi connectivity index (χ0) is 25.7. The molecule has 9 rings (SSSR count). The normalized spacial score (nSPS) is 14.0. The Hall–Kier alpha value is -4.40. The maximum Gasteiger partial charge on any atom is 0.0726 e. The molecule has 6 aromatic carbocycles. The van der Waals surface area contributed by atoms with Crippen LogP contribution in [0.5, 0.6) is 0 Å². The van der Waals surface area contributed by atoms with Crippen molar-refractivity contribution in [2.75, 3.05) is 0 Å². The molecule has 0 atom stereocenters. The van der Waals surface area contributed by atoms with Gasteiger partial charge in [0.2, 0.25) is 0 Å². The molecule has 2 heteroatoms. The van der Waals surface area contributed by atoms with Gasteiger partial charge in [0.15, 0.2) is 0 Å². The molecular formula is C37H22BrN. The minimum atomic E-state index is -0.341. The summed E-state index contributed by atoms with van der Waals surface area (Å²) in [6, 6.07) is 49.4. The molecule has 0 radical (unpaired) electrons. The lowest BCUT2D eigenvalue weighted by Crippen LogP contribution is -2.25. The number of fused-ring (bicyclic) bond motifs is 13. The van der Waals surface area contributed by atoms with Crippen LogP contribution in [0, 0.1) is 0 Å². The van der Waals surface area contributed by atoms with E-state index in [1.165, 1.54) is 72.0 Å². The van der Waals surface area contributed by atoms with E-state index < -0.39 is 0 Å². The Balaban J connectivity index is 1.50. The number of benzene rings is 6. The van der Waals surface area contributed by atoms with Crippen molar-refractivity contribution in [1.29, 1.82) is 0 Å². The summed E-state index contributed by atoms with van der Waals surface area (Å²) in [6.07, 6.45) is 0. The van der Waals surface area contributed by atoms with Crippen molar-refractivity contribution in [1.82, 2.24) is 4.57 Å². The molecule has 1 heterocycles. The number of rotatable bonds is 1. The molecule has 1 nitrogen and oxygen atoms in total. The zero-order valence-electron chi connectivity index (χ0n) is 21.0. The zero-order valence-corrected chi connectivity index (χ0v) is 22.6. The van der Waals surface area contributed by atoms with Crippen LogP contribution in [0.2, 0.25) is 0 Å². The summed E-state index contributed by atoms with van der Waals surface area (Å²) in [5.74, 6) is 0. The Kier molecular flexibility index (Phi) is 4.19. The van der Waals surface area contributed by atoms with Gasteiger partial charge in [0.25, 0.3) is 0 Å². The van der Waals surface area contributed by atoms with Gasteiger partial charge < -0.3 is 4.57 Å². The van der Waals surface area contributed by atoms with Gasteiger partial charge in [0, 0.05) is 20.9 Å². The lowest BCUT2D eigenvalue weighted by molar-refractivity contribution is 0.794. The number of hydrogen-bond donors (Lipinski definition) is 0. The summed E-state index contributed by atoms with van der Waals surface area (Å²) < 4.78 is 3.53. The largest absolute Gasteiger partial charge is 0.309 e. The van der Waals surface area contributed by atoms with Crippen LogP contribution in [0.3, 0.4) is 0 Å². The quantitative estimate of drug-likeness (QED) is 0.188. The topological polar surface area (TPSA) is 4.93 Å². The van der Waals surface area contributed by atoms with Gasteiger partial charge in [0.05, 0.1) is 16.4 Å². The summed E-state index contributed by atoms with van der Waals surface area (Å²) in [6.45, 7) is 0. The maximum atomic E-state index is 3.75. The first-order chi connectivity index (χ1) is 19.3. The van der Waals surface area contributed by atoms with Crippen LogP contribution in [-0.4, -0.2) is 4.57 Å². The van der Waals surface area contributed by atoms with E-state index in [0.29, 0.717) is 0 Å². The van der Waals surface area contributed by atoms with E-state index >= 15 is 0 Å². The van der Waals surface area contributed by atoms with Gasteiger partial charge in [-0.2, -0.15) is 0 Å². The van der Waals surface area contributed by atoms with Crippen molar-refractivity contribution in [3.8, 4) is 27.9 Å². The molecule has 0 saturated carbocycles. The van der Waals surface area contributed by atoms with Gasteiger partial charge in [-0.05, 0) is 87.0 Å². The van der Waals surface area contributed by atoms with Crippen LogP contribution in [0.25, 0.3) is 49.7 Å². The minimum Gasteiger partial charge on any atom is -0.309 e. The van der Waals surface area contributed by atoms with Crippen LogP contribution >= 0.6 is 15.9 Å². The van der Waals surface area contributed by atoms with Crippen molar-refractivity contribution in [3.63, 3.8) is 0 Å². The lowest BCUT2D eigenvalue weighted by atomic mass is 9.70. The molecule has 0 amide bonds. The summed E-state index contributed by atoms with van der Waals surface area (Å²) in [4.78, 5) is 0. The third-order valence-corrected chi connectivity index (χ3v) is 9.35. The first-order valence-corrected chi connectivity index (χ1v) is 14.2.